The van der Waals surface area contributed by atoms with Crippen molar-refractivity contribution in [3.05, 3.63) is 35.5 Å². The van der Waals surface area contributed by atoms with Crippen LogP contribution in [0.25, 0.3) is 0 Å². The Balaban J connectivity index is 0.000000179. The molecule has 2 aliphatic carbocycles. The van der Waals surface area contributed by atoms with E-state index in [4.69, 9.17) is 0 Å². The van der Waals surface area contributed by atoms with Crippen LogP contribution in [-0.4, -0.2) is 18.3 Å². The molecule has 0 aromatic rings. The van der Waals surface area contributed by atoms with Gasteiger partial charge >= 0.3 is 0 Å². The molecule has 2 heteroatoms. The van der Waals surface area contributed by atoms with Crippen molar-refractivity contribution in [1.29, 1.82) is 0 Å². The average Bonchev–Trinajstić information content (AvgIpc) is 2.51. The molecule has 0 fully saturated rings. The lowest BCUT2D eigenvalue weighted by Crippen LogP contribution is -1.89. The molecule has 0 amide bonds. The van der Waals surface area contributed by atoms with Gasteiger partial charge in [0.05, 0.1) is 0 Å². The van der Waals surface area contributed by atoms with E-state index in [0.29, 0.717) is 0 Å². The van der Waals surface area contributed by atoms with E-state index in [0.717, 1.165) is 11.1 Å². The third-order valence-corrected chi connectivity index (χ3v) is 1.41. The summed E-state index contributed by atoms with van der Waals surface area (Å²) in [6, 6.07) is 0. The van der Waals surface area contributed by atoms with Gasteiger partial charge in [0.15, 0.2) is 5.78 Å². The zero-order valence-corrected chi connectivity index (χ0v) is 7.44. The molecular formula is C9H10OS. The van der Waals surface area contributed by atoms with E-state index in [9.17, 15) is 4.79 Å². The van der Waals surface area contributed by atoms with Crippen molar-refractivity contribution in [3.8, 4) is 0 Å². The van der Waals surface area contributed by atoms with Crippen molar-refractivity contribution < 1.29 is 4.79 Å². The largest absolute Gasteiger partial charge is 0.289 e. The fourth-order valence-corrected chi connectivity index (χ4v) is 0.940. The second kappa shape index (κ2) is 3.58. The van der Waals surface area contributed by atoms with Crippen LogP contribution in [0.3, 0.4) is 0 Å². The highest BCUT2D eigenvalue weighted by molar-refractivity contribution is 7.97. The second-order valence-corrected chi connectivity index (χ2v) is 3.13. The molecule has 0 radical (unpaired) electrons. The number of carbonyl (C=O) groups is 1. The van der Waals surface area contributed by atoms with Crippen LogP contribution in [0.1, 0.15) is 0 Å². The van der Waals surface area contributed by atoms with Crippen LogP contribution in [0, 0.1) is 0 Å². The maximum Gasteiger partial charge on any atom is 0.193 e. The molecule has 0 saturated heterocycles. The number of rotatable bonds is 0. The van der Waals surface area contributed by atoms with Crippen molar-refractivity contribution >= 4 is 17.5 Å². The standard InChI is InChI=1S/C7H4O.C2H6S/c8-7-5-1-2-6(7)4-3-5;1-3-2/h1-4H;1-2H3. The van der Waals surface area contributed by atoms with Crippen LogP contribution >= 0.6 is 11.8 Å². The average molecular weight is 166 g/mol. The fraction of sp³-hybridized carbons (Fsp3) is 0.222. The van der Waals surface area contributed by atoms with Crippen LogP contribution in [0.4, 0.5) is 0 Å². The van der Waals surface area contributed by atoms with Gasteiger partial charge in [-0.1, -0.05) is 24.3 Å². The van der Waals surface area contributed by atoms with Crippen molar-refractivity contribution in [3.63, 3.8) is 0 Å². The third-order valence-electron chi connectivity index (χ3n) is 1.41. The Morgan fingerprint density at radius 3 is 1.55 bits per heavy atom. The molecule has 0 aliphatic heterocycles. The molecule has 0 saturated carbocycles. The van der Waals surface area contributed by atoms with Crippen LogP contribution in [0.5, 0.6) is 0 Å². The summed E-state index contributed by atoms with van der Waals surface area (Å²) in [7, 11) is 0. The number of fused-ring (bicyclic) bond motifs is 2. The maximum atomic E-state index is 10.8. The summed E-state index contributed by atoms with van der Waals surface area (Å²) in [6.45, 7) is 0. The Bertz CT molecular complexity index is 235. The van der Waals surface area contributed by atoms with Crippen LogP contribution in [0.2, 0.25) is 0 Å². The third kappa shape index (κ3) is 1.63. The number of thioether (sulfide) groups is 1. The zero-order valence-electron chi connectivity index (χ0n) is 6.63. The Morgan fingerprint density at radius 1 is 1.09 bits per heavy atom. The Labute approximate surface area is 70.9 Å². The van der Waals surface area contributed by atoms with Gasteiger partial charge < -0.3 is 0 Å². The lowest BCUT2D eigenvalue weighted by atomic mass is 10.2. The first-order valence-corrected chi connectivity index (χ1v) is 4.97. The highest BCUT2D eigenvalue weighted by atomic mass is 32.2. The molecule has 0 N–H and O–H groups in total. The molecule has 2 bridgehead atoms. The smallest absolute Gasteiger partial charge is 0.193 e. The summed E-state index contributed by atoms with van der Waals surface area (Å²) in [4.78, 5) is 10.8. The first-order chi connectivity index (χ1) is 5.29. The molecule has 0 spiro atoms. The number of ketones is 1. The molecule has 0 unspecified atom stereocenters. The predicted molar refractivity (Wildman–Crippen MR) is 49.8 cm³/mol. The normalized spacial score (nSPS) is 17.5. The van der Waals surface area contributed by atoms with Gasteiger partial charge in [0.25, 0.3) is 0 Å². The van der Waals surface area contributed by atoms with Gasteiger partial charge in [-0.25, -0.2) is 0 Å². The van der Waals surface area contributed by atoms with Crippen LogP contribution in [-0.2, 0) is 4.79 Å². The summed E-state index contributed by atoms with van der Waals surface area (Å²) in [5, 5.41) is 0. The molecule has 0 aromatic heterocycles. The summed E-state index contributed by atoms with van der Waals surface area (Å²) in [6.07, 6.45) is 11.5. The van der Waals surface area contributed by atoms with Gasteiger partial charge in [-0.3, -0.25) is 4.79 Å². The first-order valence-electron chi connectivity index (χ1n) is 3.34. The quantitative estimate of drug-likeness (QED) is 0.547. The number of hydrogen-bond acceptors (Lipinski definition) is 2. The van der Waals surface area contributed by atoms with Crippen molar-refractivity contribution in [2.45, 2.75) is 0 Å². The first kappa shape index (κ1) is 8.34. The molecule has 0 atom stereocenters. The molecule has 2 aliphatic rings. The molecule has 1 nitrogen and oxygen atoms in total. The minimum atomic E-state index is 0.185. The van der Waals surface area contributed by atoms with E-state index in [1.807, 2.05) is 36.8 Å². The van der Waals surface area contributed by atoms with Crippen molar-refractivity contribution in [2.75, 3.05) is 12.5 Å². The molecule has 0 heterocycles. The van der Waals surface area contributed by atoms with E-state index in [1.54, 1.807) is 11.8 Å². The lowest BCUT2D eigenvalue weighted by molar-refractivity contribution is -0.111. The Hall–Kier alpha value is -0.760. The highest BCUT2D eigenvalue weighted by Crippen LogP contribution is 2.23. The molecule has 0 aromatic carbocycles. The van der Waals surface area contributed by atoms with Gasteiger partial charge in [0.2, 0.25) is 0 Å². The topological polar surface area (TPSA) is 17.1 Å². The number of allylic oxidation sites excluding steroid dienone is 6. The van der Waals surface area contributed by atoms with Gasteiger partial charge in [-0.05, 0) is 12.5 Å². The van der Waals surface area contributed by atoms with Gasteiger partial charge in [0, 0.05) is 11.1 Å². The maximum absolute atomic E-state index is 10.8. The highest BCUT2D eigenvalue weighted by Gasteiger charge is 2.19. The molecule has 11 heavy (non-hydrogen) atoms. The minimum absolute atomic E-state index is 0.185. The van der Waals surface area contributed by atoms with E-state index in [1.165, 1.54) is 0 Å². The summed E-state index contributed by atoms with van der Waals surface area (Å²) in [5.41, 5.74) is 1.67. The predicted octanol–water partition coefficient (Wildman–Crippen LogP) is 1.97. The van der Waals surface area contributed by atoms with E-state index in [-0.39, 0.29) is 5.78 Å². The lowest BCUT2D eigenvalue weighted by Gasteiger charge is -1.78. The molecule has 2 rings (SSSR count). The van der Waals surface area contributed by atoms with Gasteiger partial charge in [-0.2, -0.15) is 11.8 Å². The van der Waals surface area contributed by atoms with Crippen molar-refractivity contribution in [2.24, 2.45) is 0 Å². The van der Waals surface area contributed by atoms with Gasteiger partial charge in [-0.15, -0.1) is 0 Å². The van der Waals surface area contributed by atoms with E-state index in [2.05, 4.69) is 0 Å². The summed E-state index contributed by atoms with van der Waals surface area (Å²) >= 11 is 1.75. The Kier molecular flexibility index (Phi) is 2.71. The minimum Gasteiger partial charge on any atom is -0.289 e. The zero-order chi connectivity index (χ0) is 8.27. The SMILES string of the molecule is CSC.O=C1C2=CC=C1C=C2. The fourth-order valence-electron chi connectivity index (χ4n) is 0.940. The molecular weight excluding hydrogens is 156 g/mol. The number of Topliss-reactive ketones (excluding diaryl/α,β-unsaturated/α-hetero) is 1. The van der Waals surface area contributed by atoms with Crippen molar-refractivity contribution in [1.82, 2.24) is 0 Å². The summed E-state index contributed by atoms with van der Waals surface area (Å²) in [5.74, 6) is 0.185. The second-order valence-electron chi connectivity index (χ2n) is 2.31. The Morgan fingerprint density at radius 2 is 1.45 bits per heavy atom. The van der Waals surface area contributed by atoms with Crippen LogP contribution in [0.15, 0.2) is 35.5 Å². The summed E-state index contributed by atoms with van der Waals surface area (Å²) < 4.78 is 0. The van der Waals surface area contributed by atoms with E-state index < -0.39 is 0 Å². The molecule has 58 valence electrons. The number of hydrogen-bond donors (Lipinski definition) is 0. The number of carbonyl (C=O) groups excluding carboxylic acids is 1. The van der Waals surface area contributed by atoms with Crippen LogP contribution < -0.4 is 0 Å². The van der Waals surface area contributed by atoms with E-state index >= 15 is 0 Å². The monoisotopic (exact) mass is 166 g/mol. The van der Waals surface area contributed by atoms with Gasteiger partial charge in [0.1, 0.15) is 0 Å².